The molecule has 0 saturated carbocycles. The van der Waals surface area contributed by atoms with Crippen LogP contribution in [0.4, 0.5) is 5.69 Å². The molecule has 124 valence electrons. The number of hydrogen-bond donors (Lipinski definition) is 0. The summed E-state index contributed by atoms with van der Waals surface area (Å²) in [6.45, 7) is 1.07. The van der Waals surface area contributed by atoms with E-state index in [1.807, 2.05) is 47.3 Å². The lowest BCUT2D eigenvalue weighted by atomic mass is 10.3. The van der Waals surface area contributed by atoms with Gasteiger partial charge < -0.3 is 9.47 Å². The zero-order valence-electron chi connectivity index (χ0n) is 13.7. The smallest absolute Gasteiger partial charge is 0.388 e. The number of ether oxygens (including phenoxy) is 2. The summed E-state index contributed by atoms with van der Waals surface area (Å²) in [5.41, 5.74) is 1.49. The molecule has 0 atom stereocenters. The van der Waals surface area contributed by atoms with Crippen LogP contribution in [-0.4, -0.2) is 18.2 Å². The van der Waals surface area contributed by atoms with E-state index in [0.29, 0.717) is 24.7 Å². The van der Waals surface area contributed by atoms with Gasteiger partial charge in [-0.3, -0.25) is 4.98 Å². The van der Waals surface area contributed by atoms with Crippen molar-refractivity contribution in [3.05, 3.63) is 78.3 Å². The number of nitrogens with zero attached hydrogens (tertiary/aromatic N) is 4. The Morgan fingerprint density at radius 1 is 0.920 bits per heavy atom. The lowest BCUT2D eigenvalue weighted by Crippen LogP contribution is -2.29. The van der Waals surface area contributed by atoms with Crippen molar-refractivity contribution in [3.8, 4) is 17.2 Å². The third-order valence-corrected chi connectivity index (χ3v) is 3.50. The molecule has 1 heterocycles. The maximum absolute atomic E-state index is 8.75. The fourth-order valence-electron chi connectivity index (χ4n) is 2.30. The van der Waals surface area contributed by atoms with Crippen molar-refractivity contribution >= 4 is 5.69 Å². The van der Waals surface area contributed by atoms with Crippen LogP contribution in [0.3, 0.4) is 0 Å². The second-order valence-corrected chi connectivity index (χ2v) is 5.30. The molecule has 1 aromatic heterocycles. The first-order valence-electron chi connectivity index (χ1n) is 7.98. The lowest BCUT2D eigenvalue weighted by Gasteiger charge is -2.07. The number of rotatable bonds is 7. The molecule has 0 N–H and O–H groups in total. The Morgan fingerprint density at radius 2 is 1.60 bits per heavy atom. The van der Waals surface area contributed by atoms with Gasteiger partial charge in [0.2, 0.25) is 11.1 Å². The monoisotopic (exact) mass is 334 g/mol. The van der Waals surface area contributed by atoms with Crippen LogP contribution in [0.1, 0.15) is 6.42 Å². The predicted molar refractivity (Wildman–Crippen MR) is 92.6 cm³/mol. The maximum Gasteiger partial charge on any atom is 0.388 e. The van der Waals surface area contributed by atoms with E-state index in [9.17, 15) is 0 Å². The van der Waals surface area contributed by atoms with Crippen LogP contribution in [0.5, 0.6) is 11.5 Å². The van der Waals surface area contributed by atoms with E-state index >= 15 is 0 Å². The Morgan fingerprint density at radius 3 is 2.32 bits per heavy atom. The van der Waals surface area contributed by atoms with E-state index in [2.05, 4.69) is 9.96 Å². The molecule has 3 aromatic rings. The summed E-state index contributed by atoms with van der Waals surface area (Å²) >= 11 is 0. The number of hydrogen-bond acceptors (Lipinski definition) is 4. The van der Waals surface area contributed by atoms with Gasteiger partial charge >= 0.3 is 5.69 Å². The molecule has 0 amide bonds. The maximum atomic E-state index is 8.75. The molecule has 6 nitrogen and oxygen atoms in total. The van der Waals surface area contributed by atoms with Crippen LogP contribution in [0.15, 0.2) is 73.3 Å². The highest BCUT2D eigenvalue weighted by Crippen LogP contribution is 2.19. The van der Waals surface area contributed by atoms with Crippen molar-refractivity contribution in [2.24, 2.45) is 0 Å². The van der Waals surface area contributed by atoms with E-state index in [0.717, 1.165) is 17.9 Å². The minimum absolute atomic E-state index is 0.471. The molecule has 0 unspecified atom stereocenters. The normalized spacial score (nSPS) is 10.0. The van der Waals surface area contributed by atoms with Crippen molar-refractivity contribution in [2.75, 3.05) is 13.2 Å². The Kier molecular flexibility index (Phi) is 5.52. The van der Waals surface area contributed by atoms with Crippen LogP contribution in [0.25, 0.3) is 10.7 Å². The molecular weight excluding hydrogens is 316 g/mol. The zero-order valence-corrected chi connectivity index (χ0v) is 13.7. The highest BCUT2D eigenvalue weighted by atomic mass is 16.5. The largest absolute Gasteiger partial charge is 0.493 e. The second-order valence-electron chi connectivity index (χ2n) is 5.30. The molecule has 0 bridgehead atoms. The molecule has 0 saturated heterocycles. The first kappa shape index (κ1) is 16.4. The van der Waals surface area contributed by atoms with Crippen LogP contribution in [0.2, 0.25) is 0 Å². The topological polar surface area (TPSA) is 63.4 Å². The molecule has 0 aliphatic carbocycles. The minimum atomic E-state index is 0.471. The average Bonchev–Trinajstić information content (AvgIpc) is 2.69. The molecule has 3 rings (SSSR count). The highest BCUT2D eigenvalue weighted by Gasteiger charge is 2.07. The summed E-state index contributed by atoms with van der Waals surface area (Å²) in [6.07, 6.45) is 8.00. The summed E-state index contributed by atoms with van der Waals surface area (Å²) in [6, 6.07) is 14.9. The second kappa shape index (κ2) is 8.41. The first-order valence-corrected chi connectivity index (χ1v) is 7.98. The van der Waals surface area contributed by atoms with Crippen molar-refractivity contribution in [1.29, 1.82) is 5.39 Å². The average molecular weight is 334 g/mol. The Bertz CT molecular complexity index is 863. The van der Waals surface area contributed by atoms with Gasteiger partial charge in [0.15, 0.2) is 17.4 Å². The van der Waals surface area contributed by atoms with Gasteiger partial charge in [0.25, 0.3) is 0 Å². The molecule has 0 aliphatic rings. The van der Waals surface area contributed by atoms with Gasteiger partial charge in [-0.05, 0) is 12.1 Å². The summed E-state index contributed by atoms with van der Waals surface area (Å²) in [5.74, 6) is 1.48. The third-order valence-electron chi connectivity index (χ3n) is 3.50. The van der Waals surface area contributed by atoms with E-state index in [1.54, 1.807) is 30.6 Å². The van der Waals surface area contributed by atoms with Crippen LogP contribution >= 0.6 is 0 Å². The fraction of sp³-hybridized carbons (Fsp3) is 0.158. The van der Waals surface area contributed by atoms with Crippen LogP contribution in [-0.2, 0) is 0 Å². The predicted octanol–water partition coefficient (Wildman–Crippen LogP) is 3.69. The standard InChI is InChI=1S/C19H18N4O2/c20-22-16-4-1-6-18(14-16)24-12-3-13-25-19-7-2-5-17(15-19)23-10-8-21-9-11-23/h1-2,4-11,14-15H,3,12-13H2/q+2. The van der Waals surface area contributed by atoms with Crippen molar-refractivity contribution in [1.82, 2.24) is 4.98 Å². The van der Waals surface area contributed by atoms with Gasteiger partial charge in [-0.15, -0.1) is 0 Å². The summed E-state index contributed by atoms with van der Waals surface area (Å²) in [4.78, 5) is 7.15. The molecular formula is C19H18N4O2+2. The Labute approximate surface area is 145 Å². The van der Waals surface area contributed by atoms with Crippen LogP contribution in [0, 0.1) is 5.39 Å². The molecule has 0 aliphatic heterocycles. The van der Waals surface area contributed by atoms with Crippen molar-refractivity contribution < 1.29 is 14.0 Å². The summed E-state index contributed by atoms with van der Waals surface area (Å²) in [7, 11) is 0. The first-order chi connectivity index (χ1) is 12.3. The lowest BCUT2D eigenvalue weighted by molar-refractivity contribution is -0.596. The van der Waals surface area contributed by atoms with E-state index in [4.69, 9.17) is 14.9 Å². The van der Waals surface area contributed by atoms with E-state index < -0.39 is 0 Å². The van der Waals surface area contributed by atoms with Gasteiger partial charge in [0.05, 0.1) is 37.7 Å². The minimum Gasteiger partial charge on any atom is -0.493 e. The quantitative estimate of drug-likeness (QED) is 0.375. The number of benzene rings is 2. The molecule has 25 heavy (non-hydrogen) atoms. The number of diazo groups is 1. The molecule has 6 heteroatoms. The SMILES string of the molecule is N#[N+]c1cccc(OCCCOc2cccc(-[n+]3ccncc3)c2)c1. The van der Waals surface area contributed by atoms with Crippen molar-refractivity contribution in [2.45, 2.75) is 6.42 Å². The molecule has 0 radical (unpaired) electrons. The van der Waals surface area contributed by atoms with Crippen LogP contribution < -0.4 is 14.0 Å². The van der Waals surface area contributed by atoms with Gasteiger partial charge in [-0.1, -0.05) is 12.1 Å². The van der Waals surface area contributed by atoms with Gasteiger partial charge in [0.1, 0.15) is 11.5 Å². The Balaban J connectivity index is 1.47. The van der Waals surface area contributed by atoms with Crippen molar-refractivity contribution in [3.63, 3.8) is 0 Å². The fourth-order valence-corrected chi connectivity index (χ4v) is 2.30. The van der Waals surface area contributed by atoms with Gasteiger partial charge in [0, 0.05) is 18.6 Å². The molecule has 0 fully saturated rings. The summed E-state index contributed by atoms with van der Waals surface area (Å²) in [5, 5.41) is 8.75. The summed E-state index contributed by atoms with van der Waals surface area (Å²) < 4.78 is 13.4. The third kappa shape index (κ3) is 4.75. The zero-order chi connectivity index (χ0) is 17.3. The van der Waals surface area contributed by atoms with Gasteiger partial charge in [-0.25, -0.2) is 0 Å². The van der Waals surface area contributed by atoms with E-state index in [-0.39, 0.29) is 0 Å². The van der Waals surface area contributed by atoms with Gasteiger partial charge in [-0.2, -0.15) is 4.57 Å². The molecule has 2 aromatic carbocycles. The highest BCUT2D eigenvalue weighted by molar-refractivity contribution is 5.48. The number of aromatic nitrogens is 2. The van der Waals surface area contributed by atoms with E-state index in [1.165, 1.54) is 0 Å². The molecule has 0 spiro atoms. The Hall–Kier alpha value is -3.46.